The summed E-state index contributed by atoms with van der Waals surface area (Å²) in [4.78, 5) is 11.0. The van der Waals surface area contributed by atoms with Crippen molar-refractivity contribution in [1.82, 2.24) is 30.2 Å². The molecule has 0 saturated carbocycles. The molecule has 2 aromatic heterocycles. The van der Waals surface area contributed by atoms with Gasteiger partial charge in [0, 0.05) is 19.5 Å². The summed E-state index contributed by atoms with van der Waals surface area (Å²) in [5.41, 5.74) is 0. The molecule has 1 aliphatic heterocycles. The summed E-state index contributed by atoms with van der Waals surface area (Å²) in [7, 11) is 0. The lowest BCUT2D eigenvalue weighted by Gasteiger charge is -2.30. The number of hydrogen-bond acceptors (Lipinski definition) is 7. The molecular weight excluding hydrogens is 272 g/mol. The van der Waals surface area contributed by atoms with Crippen molar-refractivity contribution in [2.45, 2.75) is 39.3 Å². The number of ether oxygens (including phenoxy) is 1. The quantitative estimate of drug-likeness (QED) is 0.879. The van der Waals surface area contributed by atoms with Crippen LogP contribution >= 0.6 is 0 Å². The number of nitrogens with one attached hydrogen (secondary N) is 1. The lowest BCUT2D eigenvalue weighted by Crippen LogP contribution is -2.38. The molecule has 21 heavy (non-hydrogen) atoms. The Morgan fingerprint density at radius 1 is 1.38 bits per heavy atom. The predicted molar refractivity (Wildman–Crippen MR) is 73.4 cm³/mol. The zero-order chi connectivity index (χ0) is 14.7. The van der Waals surface area contributed by atoms with E-state index in [9.17, 15) is 0 Å². The molecule has 0 bridgehead atoms. The average molecular weight is 292 g/mol. The van der Waals surface area contributed by atoms with E-state index in [1.807, 2.05) is 6.92 Å². The summed E-state index contributed by atoms with van der Waals surface area (Å²) in [6, 6.07) is 0. The second kappa shape index (κ2) is 6.31. The van der Waals surface area contributed by atoms with Crippen LogP contribution in [0.2, 0.25) is 0 Å². The Labute approximate surface area is 122 Å². The summed E-state index contributed by atoms with van der Waals surface area (Å²) in [6.45, 7) is 6.86. The fraction of sp³-hybridized carbons (Fsp3) is 0.692. The monoisotopic (exact) mass is 292 g/mol. The summed E-state index contributed by atoms with van der Waals surface area (Å²) in [6.07, 6.45) is 1.73. The Morgan fingerprint density at radius 2 is 2.29 bits per heavy atom. The minimum atomic E-state index is -0.106. The van der Waals surface area contributed by atoms with Crippen molar-refractivity contribution in [3.63, 3.8) is 0 Å². The third-order valence-electron chi connectivity index (χ3n) is 3.39. The maximum absolute atomic E-state index is 5.74. The predicted octanol–water partition coefficient (Wildman–Crippen LogP) is 1.02. The highest BCUT2D eigenvalue weighted by molar-refractivity contribution is 4.96. The average Bonchev–Trinajstić information content (AvgIpc) is 3.09. The van der Waals surface area contributed by atoms with E-state index in [2.05, 4.69) is 37.1 Å². The normalized spacial score (nSPS) is 20.0. The minimum Gasteiger partial charge on any atom is -0.367 e. The lowest BCUT2D eigenvalue weighted by atomic mass is 10.2. The first kappa shape index (κ1) is 14.2. The number of hydrogen-bond donors (Lipinski definition) is 1. The van der Waals surface area contributed by atoms with Crippen molar-refractivity contribution >= 4 is 0 Å². The molecule has 0 radical (unpaired) electrons. The number of H-pyrrole nitrogens is 1. The van der Waals surface area contributed by atoms with E-state index in [0.29, 0.717) is 24.9 Å². The van der Waals surface area contributed by atoms with Crippen molar-refractivity contribution in [3.05, 3.63) is 23.4 Å². The SMILES string of the molecule is CCCc1nc(CN2CCOC(c3n[nH]c(C)n3)C2)no1. The largest absolute Gasteiger partial charge is 0.367 e. The summed E-state index contributed by atoms with van der Waals surface area (Å²) < 4.78 is 11.0. The molecular formula is C13H20N6O2. The van der Waals surface area contributed by atoms with Crippen molar-refractivity contribution < 1.29 is 9.26 Å². The molecule has 1 fully saturated rings. The number of rotatable bonds is 5. The number of aromatic amines is 1. The number of aryl methyl sites for hydroxylation is 2. The Kier molecular flexibility index (Phi) is 4.26. The number of aromatic nitrogens is 5. The highest BCUT2D eigenvalue weighted by atomic mass is 16.5. The highest BCUT2D eigenvalue weighted by Crippen LogP contribution is 2.20. The van der Waals surface area contributed by atoms with E-state index < -0.39 is 0 Å². The van der Waals surface area contributed by atoms with Crippen molar-refractivity contribution in [2.24, 2.45) is 0 Å². The van der Waals surface area contributed by atoms with Gasteiger partial charge in [0.05, 0.1) is 13.2 Å². The first-order valence-electron chi connectivity index (χ1n) is 7.29. The molecule has 114 valence electrons. The topological polar surface area (TPSA) is 93.0 Å². The second-order valence-electron chi connectivity index (χ2n) is 5.23. The zero-order valence-electron chi connectivity index (χ0n) is 12.4. The highest BCUT2D eigenvalue weighted by Gasteiger charge is 2.26. The molecule has 3 rings (SSSR count). The molecule has 1 unspecified atom stereocenters. The van der Waals surface area contributed by atoms with Crippen LogP contribution in [0.4, 0.5) is 0 Å². The molecule has 3 heterocycles. The standard InChI is InChI=1S/C13H20N6O2/c1-3-4-12-15-11(18-21-12)8-19-5-6-20-10(7-19)13-14-9(2)16-17-13/h10H,3-8H2,1-2H3,(H,14,16,17). The van der Waals surface area contributed by atoms with Gasteiger partial charge in [-0.2, -0.15) is 10.1 Å². The van der Waals surface area contributed by atoms with E-state index in [1.165, 1.54) is 0 Å². The van der Waals surface area contributed by atoms with Crippen LogP contribution in [-0.2, 0) is 17.7 Å². The fourth-order valence-corrected chi connectivity index (χ4v) is 2.38. The van der Waals surface area contributed by atoms with E-state index >= 15 is 0 Å². The van der Waals surface area contributed by atoms with Gasteiger partial charge in [0.1, 0.15) is 11.9 Å². The first-order chi connectivity index (χ1) is 10.2. The van der Waals surface area contributed by atoms with Crippen LogP contribution in [0.3, 0.4) is 0 Å². The van der Waals surface area contributed by atoms with Gasteiger partial charge < -0.3 is 9.26 Å². The van der Waals surface area contributed by atoms with Crippen LogP contribution in [0.5, 0.6) is 0 Å². The van der Waals surface area contributed by atoms with Gasteiger partial charge in [-0.3, -0.25) is 10.00 Å². The maximum atomic E-state index is 5.74. The smallest absolute Gasteiger partial charge is 0.226 e. The molecule has 1 N–H and O–H groups in total. The van der Waals surface area contributed by atoms with Gasteiger partial charge in [0.2, 0.25) is 5.89 Å². The van der Waals surface area contributed by atoms with Crippen molar-refractivity contribution in [1.29, 1.82) is 0 Å². The summed E-state index contributed by atoms with van der Waals surface area (Å²) >= 11 is 0. The Bertz CT molecular complexity index is 581. The number of morpholine rings is 1. The van der Waals surface area contributed by atoms with E-state index in [-0.39, 0.29) is 6.10 Å². The minimum absolute atomic E-state index is 0.106. The van der Waals surface area contributed by atoms with Gasteiger partial charge in [0.25, 0.3) is 0 Å². The first-order valence-corrected chi connectivity index (χ1v) is 7.29. The maximum Gasteiger partial charge on any atom is 0.226 e. The van der Waals surface area contributed by atoms with E-state index in [0.717, 1.165) is 37.6 Å². The van der Waals surface area contributed by atoms with Crippen LogP contribution in [0, 0.1) is 6.92 Å². The Balaban J connectivity index is 1.60. The third kappa shape index (κ3) is 3.45. The molecule has 0 aliphatic carbocycles. The van der Waals surface area contributed by atoms with Gasteiger partial charge >= 0.3 is 0 Å². The van der Waals surface area contributed by atoms with Crippen LogP contribution in [0.25, 0.3) is 0 Å². The van der Waals surface area contributed by atoms with Crippen LogP contribution in [-0.4, -0.2) is 49.9 Å². The van der Waals surface area contributed by atoms with E-state index in [1.54, 1.807) is 0 Å². The molecule has 8 heteroatoms. The molecule has 0 amide bonds. The fourth-order valence-electron chi connectivity index (χ4n) is 2.38. The summed E-state index contributed by atoms with van der Waals surface area (Å²) in [5, 5.41) is 11.0. The van der Waals surface area contributed by atoms with Crippen LogP contribution in [0.15, 0.2) is 4.52 Å². The van der Waals surface area contributed by atoms with E-state index in [4.69, 9.17) is 9.26 Å². The molecule has 0 aromatic carbocycles. The van der Waals surface area contributed by atoms with Crippen LogP contribution < -0.4 is 0 Å². The molecule has 1 atom stereocenters. The Morgan fingerprint density at radius 3 is 3.05 bits per heavy atom. The van der Waals surface area contributed by atoms with Gasteiger partial charge in [-0.1, -0.05) is 12.1 Å². The van der Waals surface area contributed by atoms with Crippen molar-refractivity contribution in [2.75, 3.05) is 19.7 Å². The van der Waals surface area contributed by atoms with Gasteiger partial charge in [-0.25, -0.2) is 4.98 Å². The summed E-state index contributed by atoms with van der Waals surface area (Å²) in [5.74, 6) is 2.94. The molecule has 1 aliphatic rings. The Hall–Kier alpha value is -1.80. The molecule has 1 saturated heterocycles. The molecule has 0 spiro atoms. The van der Waals surface area contributed by atoms with Gasteiger partial charge in [-0.15, -0.1) is 0 Å². The zero-order valence-corrected chi connectivity index (χ0v) is 12.4. The van der Waals surface area contributed by atoms with Crippen LogP contribution in [0.1, 0.15) is 42.8 Å². The molecule has 8 nitrogen and oxygen atoms in total. The number of nitrogens with zero attached hydrogens (tertiary/aromatic N) is 5. The third-order valence-corrected chi connectivity index (χ3v) is 3.39. The van der Waals surface area contributed by atoms with Gasteiger partial charge in [-0.05, 0) is 13.3 Å². The lowest BCUT2D eigenvalue weighted by molar-refractivity contribution is -0.0379. The molecule has 2 aromatic rings. The van der Waals surface area contributed by atoms with Gasteiger partial charge in [0.15, 0.2) is 11.6 Å². The second-order valence-corrected chi connectivity index (χ2v) is 5.23. The van der Waals surface area contributed by atoms with Crippen molar-refractivity contribution in [3.8, 4) is 0 Å².